The van der Waals surface area contributed by atoms with Crippen molar-refractivity contribution >= 4 is 11.5 Å². The van der Waals surface area contributed by atoms with E-state index in [9.17, 15) is 0 Å². The fraction of sp³-hybridized carbons (Fsp3) is 0.600. The van der Waals surface area contributed by atoms with Crippen molar-refractivity contribution in [1.82, 2.24) is 0 Å². The molecule has 46 valence electrons. The Balaban J connectivity index is 3.45. The zero-order valence-corrected chi connectivity index (χ0v) is 5.23. The van der Waals surface area contributed by atoms with Crippen LogP contribution in [0.2, 0.25) is 0 Å². The Bertz CT molecular complexity index is 111. The van der Waals surface area contributed by atoms with Gasteiger partial charge in [0.15, 0.2) is 0 Å². The average Bonchev–Trinajstić information content (AvgIpc) is 1.61. The smallest absolute Gasteiger partial charge is 0.0910 e. The van der Waals surface area contributed by atoms with E-state index in [1.165, 1.54) is 0 Å². The van der Waals surface area contributed by atoms with E-state index in [0.717, 1.165) is 0 Å². The third kappa shape index (κ3) is 5.14. The predicted octanol–water partition coefficient (Wildman–Crippen LogP) is 0.403. The normalized spacial score (nSPS) is 11.5. The Labute approximate surface area is 49.1 Å². The summed E-state index contributed by atoms with van der Waals surface area (Å²) in [7, 11) is 0. The highest BCUT2D eigenvalue weighted by Gasteiger charge is 1.81. The van der Waals surface area contributed by atoms with Crippen molar-refractivity contribution in [3.63, 3.8) is 0 Å². The molecule has 0 unspecified atom stereocenters. The first-order chi connectivity index (χ1) is 3.63. The second-order valence-corrected chi connectivity index (χ2v) is 1.74. The average molecular weight is 113 g/mol. The molecule has 0 bridgehead atoms. The molecule has 0 aliphatic carbocycles. The van der Waals surface area contributed by atoms with Gasteiger partial charge in [-0.05, 0) is 13.8 Å². The van der Waals surface area contributed by atoms with Gasteiger partial charge in [-0.3, -0.25) is 4.99 Å². The van der Waals surface area contributed by atoms with Gasteiger partial charge >= 0.3 is 0 Å². The van der Waals surface area contributed by atoms with E-state index >= 15 is 0 Å². The van der Waals surface area contributed by atoms with Crippen LogP contribution in [0.1, 0.15) is 13.8 Å². The first-order valence-corrected chi connectivity index (χ1v) is 2.43. The zero-order chi connectivity index (χ0) is 6.57. The third-order valence-corrected chi connectivity index (χ3v) is 0.566. The van der Waals surface area contributed by atoms with Gasteiger partial charge in [0.2, 0.25) is 0 Å². The second kappa shape index (κ2) is 3.18. The quantitative estimate of drug-likeness (QED) is 0.395. The van der Waals surface area contributed by atoms with Crippen LogP contribution in [0.4, 0.5) is 0 Å². The molecule has 3 N–H and O–H groups in total. The molecule has 0 amide bonds. The minimum atomic E-state index is 0.433. The summed E-state index contributed by atoms with van der Waals surface area (Å²) in [6.45, 7) is 3.84. The maximum atomic E-state index is 6.92. The predicted molar refractivity (Wildman–Crippen MR) is 35.6 cm³/mol. The fourth-order valence-corrected chi connectivity index (χ4v) is 0.243. The van der Waals surface area contributed by atoms with Crippen LogP contribution < -0.4 is 5.73 Å². The number of hydrogen-bond donors (Lipinski definition) is 2. The lowest BCUT2D eigenvalue weighted by Gasteiger charge is -1.89. The van der Waals surface area contributed by atoms with Gasteiger partial charge in [-0.2, -0.15) is 0 Å². The molecule has 0 saturated carbocycles. The summed E-state index contributed by atoms with van der Waals surface area (Å²) in [5.41, 5.74) is 5.73. The minimum absolute atomic E-state index is 0.433. The highest BCUT2D eigenvalue weighted by molar-refractivity contribution is 5.85. The monoisotopic (exact) mass is 113 g/mol. The van der Waals surface area contributed by atoms with Gasteiger partial charge in [0, 0.05) is 5.71 Å². The van der Waals surface area contributed by atoms with Crippen molar-refractivity contribution in [1.29, 1.82) is 5.41 Å². The summed E-state index contributed by atoms with van der Waals surface area (Å²) < 4.78 is 0. The first kappa shape index (κ1) is 7.14. The number of hydrogen-bond acceptors (Lipinski definition) is 2. The van der Waals surface area contributed by atoms with E-state index in [4.69, 9.17) is 11.1 Å². The SMILES string of the molecule is CC(=N)CN=C(C)N. The van der Waals surface area contributed by atoms with Gasteiger partial charge in [-0.15, -0.1) is 0 Å². The molecule has 8 heavy (non-hydrogen) atoms. The molecule has 0 aromatic carbocycles. The summed E-state index contributed by atoms with van der Waals surface area (Å²) in [6.07, 6.45) is 0. The van der Waals surface area contributed by atoms with E-state index in [0.29, 0.717) is 18.1 Å². The maximum Gasteiger partial charge on any atom is 0.0910 e. The highest BCUT2D eigenvalue weighted by Crippen LogP contribution is 1.72. The fourth-order valence-electron chi connectivity index (χ4n) is 0.243. The molecule has 0 aliphatic heterocycles. The first-order valence-electron chi connectivity index (χ1n) is 2.43. The van der Waals surface area contributed by atoms with Gasteiger partial charge in [0.25, 0.3) is 0 Å². The van der Waals surface area contributed by atoms with Crippen molar-refractivity contribution < 1.29 is 0 Å². The molecule has 3 heteroatoms. The molecular formula is C5H11N3. The molecule has 3 nitrogen and oxygen atoms in total. The summed E-state index contributed by atoms with van der Waals surface area (Å²) in [6, 6.07) is 0. The van der Waals surface area contributed by atoms with Crippen molar-refractivity contribution in [3.8, 4) is 0 Å². The van der Waals surface area contributed by atoms with Crippen molar-refractivity contribution in [2.45, 2.75) is 13.8 Å². The molecule has 0 rings (SSSR count). The van der Waals surface area contributed by atoms with E-state index in [2.05, 4.69) is 4.99 Å². The Morgan fingerprint density at radius 2 is 2.12 bits per heavy atom. The van der Waals surface area contributed by atoms with E-state index in [1.807, 2.05) is 0 Å². The van der Waals surface area contributed by atoms with Gasteiger partial charge in [0.1, 0.15) is 0 Å². The largest absolute Gasteiger partial charge is 0.388 e. The molecule has 0 atom stereocenters. The number of rotatable bonds is 2. The molecule has 0 fully saturated rings. The van der Waals surface area contributed by atoms with Crippen LogP contribution in [0, 0.1) is 5.41 Å². The third-order valence-electron chi connectivity index (χ3n) is 0.566. The lowest BCUT2D eigenvalue weighted by molar-refractivity contribution is 1.23. The number of nitrogens with two attached hydrogens (primary N) is 1. The summed E-state index contributed by atoms with van der Waals surface area (Å²) in [4.78, 5) is 3.79. The van der Waals surface area contributed by atoms with Crippen LogP contribution in [0.15, 0.2) is 4.99 Å². The molecule has 0 aliphatic rings. The molecule has 0 aromatic heterocycles. The van der Waals surface area contributed by atoms with E-state index in [-0.39, 0.29) is 0 Å². The number of aliphatic imine (C=N–C) groups is 1. The van der Waals surface area contributed by atoms with E-state index in [1.54, 1.807) is 13.8 Å². The van der Waals surface area contributed by atoms with Crippen molar-refractivity contribution in [2.75, 3.05) is 6.54 Å². The highest BCUT2D eigenvalue weighted by atomic mass is 14.8. The molecule has 0 spiro atoms. The number of nitrogens with one attached hydrogen (secondary N) is 1. The van der Waals surface area contributed by atoms with Crippen LogP contribution in [-0.4, -0.2) is 18.1 Å². The van der Waals surface area contributed by atoms with Gasteiger partial charge in [-0.1, -0.05) is 0 Å². The lowest BCUT2D eigenvalue weighted by atomic mass is 10.4. The summed E-state index contributed by atoms with van der Waals surface area (Å²) >= 11 is 0. The Morgan fingerprint density at radius 3 is 2.25 bits per heavy atom. The minimum Gasteiger partial charge on any atom is -0.388 e. The summed E-state index contributed by atoms with van der Waals surface area (Å²) in [5, 5.41) is 6.92. The van der Waals surface area contributed by atoms with Crippen LogP contribution in [0.5, 0.6) is 0 Å². The standard InChI is InChI=1S/C5H11N3/c1-4(6)3-8-5(2)7/h6H,3H2,1-2H3,(H2,7,8). The van der Waals surface area contributed by atoms with Gasteiger partial charge in [0.05, 0.1) is 12.4 Å². The van der Waals surface area contributed by atoms with Gasteiger partial charge in [-0.25, -0.2) is 0 Å². The van der Waals surface area contributed by atoms with Crippen LogP contribution in [0.3, 0.4) is 0 Å². The number of nitrogens with zero attached hydrogens (tertiary/aromatic N) is 1. The van der Waals surface area contributed by atoms with Gasteiger partial charge < -0.3 is 11.1 Å². The molecule has 0 saturated heterocycles. The second-order valence-electron chi connectivity index (χ2n) is 1.74. The lowest BCUT2D eigenvalue weighted by Crippen LogP contribution is -2.08. The molecule has 0 aromatic rings. The number of amidine groups is 1. The topological polar surface area (TPSA) is 62.2 Å². The van der Waals surface area contributed by atoms with Crippen molar-refractivity contribution in [2.24, 2.45) is 10.7 Å². The molecular weight excluding hydrogens is 102 g/mol. The molecule has 0 radical (unpaired) electrons. The Hall–Kier alpha value is -0.860. The Kier molecular flexibility index (Phi) is 2.84. The molecule has 0 heterocycles. The van der Waals surface area contributed by atoms with Crippen LogP contribution in [0.25, 0.3) is 0 Å². The maximum absolute atomic E-state index is 6.92. The zero-order valence-electron chi connectivity index (χ0n) is 5.23. The van der Waals surface area contributed by atoms with Crippen LogP contribution in [-0.2, 0) is 0 Å². The van der Waals surface area contributed by atoms with Crippen molar-refractivity contribution in [3.05, 3.63) is 0 Å². The Morgan fingerprint density at radius 1 is 1.62 bits per heavy atom. The summed E-state index contributed by atoms with van der Waals surface area (Å²) in [5.74, 6) is 0.539. The van der Waals surface area contributed by atoms with Crippen LogP contribution >= 0.6 is 0 Å². The van der Waals surface area contributed by atoms with E-state index < -0.39 is 0 Å².